The molecule has 1 aliphatic heterocycles. The topological polar surface area (TPSA) is 41.0 Å². The summed E-state index contributed by atoms with van der Waals surface area (Å²) in [6.07, 6.45) is 3.67. The van der Waals surface area contributed by atoms with Crippen molar-refractivity contribution in [3.05, 3.63) is 72.3 Å². The monoisotopic (exact) mass is 320 g/mol. The molecule has 120 valence electrons. The number of halogens is 1. The minimum Gasteiger partial charge on any atom is -0.338 e. The molecule has 0 unspecified atom stereocenters. The number of benzene rings is 2. The first-order chi connectivity index (χ1) is 11.8. The second-order valence-electron chi connectivity index (χ2n) is 5.75. The van der Waals surface area contributed by atoms with E-state index in [-0.39, 0.29) is 5.82 Å². The van der Waals surface area contributed by atoms with Gasteiger partial charge in [-0.15, -0.1) is 0 Å². The van der Waals surface area contributed by atoms with Gasteiger partial charge in [-0.05, 0) is 36.6 Å². The lowest BCUT2D eigenvalue weighted by atomic mass is 10.0. The molecule has 4 nitrogen and oxygen atoms in total. The molecule has 5 heteroatoms. The summed E-state index contributed by atoms with van der Waals surface area (Å²) in [7, 11) is 0. The number of nitrogens with zero attached hydrogens (tertiary/aromatic N) is 3. The van der Waals surface area contributed by atoms with Crippen LogP contribution in [0.3, 0.4) is 0 Å². The van der Waals surface area contributed by atoms with Crippen LogP contribution in [0, 0.1) is 5.82 Å². The lowest BCUT2D eigenvalue weighted by Gasteiger charge is -2.30. The number of para-hydroxylation sites is 2. The fourth-order valence-electron chi connectivity index (χ4n) is 3.04. The highest BCUT2D eigenvalue weighted by Gasteiger charge is 2.19. The van der Waals surface area contributed by atoms with Crippen LogP contribution in [-0.4, -0.2) is 16.5 Å². The average molecular weight is 320 g/mol. The summed E-state index contributed by atoms with van der Waals surface area (Å²) in [4.78, 5) is 10.8. The maximum atomic E-state index is 13.8. The van der Waals surface area contributed by atoms with Crippen molar-refractivity contribution in [3.63, 3.8) is 0 Å². The second kappa shape index (κ2) is 6.28. The smallest absolute Gasteiger partial charge is 0.146 e. The first-order valence-electron chi connectivity index (χ1n) is 8.00. The highest BCUT2D eigenvalue weighted by molar-refractivity contribution is 5.68. The third-order valence-electron chi connectivity index (χ3n) is 4.18. The van der Waals surface area contributed by atoms with Crippen molar-refractivity contribution in [3.8, 4) is 0 Å². The summed E-state index contributed by atoms with van der Waals surface area (Å²) in [5, 5.41) is 3.02. The van der Waals surface area contributed by atoms with Crippen molar-refractivity contribution in [2.45, 2.75) is 12.8 Å². The van der Waals surface area contributed by atoms with E-state index < -0.39 is 0 Å². The van der Waals surface area contributed by atoms with Gasteiger partial charge in [-0.25, -0.2) is 14.4 Å². The Morgan fingerprint density at radius 1 is 1.00 bits per heavy atom. The molecule has 4 rings (SSSR count). The van der Waals surface area contributed by atoms with Gasteiger partial charge in [0.25, 0.3) is 0 Å². The van der Waals surface area contributed by atoms with Crippen LogP contribution in [-0.2, 0) is 6.42 Å². The van der Waals surface area contributed by atoms with E-state index in [1.54, 1.807) is 18.2 Å². The van der Waals surface area contributed by atoms with E-state index in [1.165, 1.54) is 23.6 Å². The van der Waals surface area contributed by atoms with Crippen LogP contribution in [0.15, 0.2) is 60.9 Å². The van der Waals surface area contributed by atoms with Crippen molar-refractivity contribution in [1.29, 1.82) is 0 Å². The SMILES string of the molecule is Fc1ccccc1Nc1cc(N2CCCc3ccccc32)ncn1. The van der Waals surface area contributed by atoms with Crippen molar-refractivity contribution in [2.24, 2.45) is 0 Å². The van der Waals surface area contributed by atoms with Gasteiger partial charge in [0, 0.05) is 18.3 Å². The quantitative estimate of drug-likeness (QED) is 0.774. The summed E-state index contributed by atoms with van der Waals surface area (Å²) < 4.78 is 13.8. The Kier molecular flexibility index (Phi) is 3.83. The predicted octanol–water partition coefficient (Wildman–Crippen LogP) is 4.44. The number of anilines is 4. The van der Waals surface area contributed by atoms with Crippen LogP contribution >= 0.6 is 0 Å². The average Bonchev–Trinajstić information content (AvgIpc) is 2.63. The van der Waals surface area contributed by atoms with Gasteiger partial charge >= 0.3 is 0 Å². The molecule has 0 radical (unpaired) electrons. The van der Waals surface area contributed by atoms with E-state index in [4.69, 9.17) is 0 Å². The van der Waals surface area contributed by atoms with E-state index in [0.29, 0.717) is 11.5 Å². The Morgan fingerprint density at radius 3 is 2.75 bits per heavy atom. The first kappa shape index (κ1) is 14.6. The summed E-state index contributed by atoms with van der Waals surface area (Å²) in [5.41, 5.74) is 2.91. The molecule has 0 fully saturated rings. The standard InChI is InChI=1S/C19H17FN4/c20-15-8-2-3-9-16(15)23-18-12-19(22-13-21-18)24-11-5-7-14-6-1-4-10-17(14)24/h1-4,6,8-10,12-13H,5,7,11H2,(H,21,22,23). The molecule has 1 N–H and O–H groups in total. The van der Waals surface area contributed by atoms with Gasteiger partial charge in [-0.1, -0.05) is 30.3 Å². The van der Waals surface area contributed by atoms with Crippen molar-refractivity contribution in [2.75, 3.05) is 16.8 Å². The summed E-state index contributed by atoms with van der Waals surface area (Å²) in [6, 6.07) is 16.8. The van der Waals surface area contributed by atoms with E-state index in [1.807, 2.05) is 12.1 Å². The molecule has 2 aromatic carbocycles. The molecule has 0 bridgehead atoms. The molecule has 3 aromatic rings. The van der Waals surface area contributed by atoms with E-state index >= 15 is 0 Å². The molecule has 1 aliphatic rings. The zero-order valence-corrected chi connectivity index (χ0v) is 13.1. The number of aromatic nitrogens is 2. The molecule has 2 heterocycles. The first-order valence-corrected chi connectivity index (χ1v) is 8.00. The zero-order valence-electron chi connectivity index (χ0n) is 13.1. The van der Waals surface area contributed by atoms with Gasteiger partial charge < -0.3 is 10.2 Å². The second-order valence-corrected chi connectivity index (χ2v) is 5.75. The molecular weight excluding hydrogens is 303 g/mol. The highest BCUT2D eigenvalue weighted by atomic mass is 19.1. The number of nitrogens with one attached hydrogen (secondary N) is 1. The Bertz CT molecular complexity index is 865. The molecular formula is C19H17FN4. The molecule has 0 atom stereocenters. The fraction of sp³-hybridized carbons (Fsp3) is 0.158. The van der Waals surface area contributed by atoms with Crippen LogP contribution in [0.25, 0.3) is 0 Å². The maximum Gasteiger partial charge on any atom is 0.146 e. The predicted molar refractivity (Wildman–Crippen MR) is 93.5 cm³/mol. The van der Waals surface area contributed by atoms with E-state index in [0.717, 1.165) is 25.2 Å². The Labute approximate surface area is 140 Å². The third-order valence-corrected chi connectivity index (χ3v) is 4.18. The number of hydrogen-bond acceptors (Lipinski definition) is 4. The lowest BCUT2D eigenvalue weighted by Crippen LogP contribution is -2.25. The summed E-state index contributed by atoms with van der Waals surface area (Å²) in [6.45, 7) is 0.910. The molecule has 0 saturated carbocycles. The van der Waals surface area contributed by atoms with Crippen LogP contribution in [0.4, 0.5) is 27.4 Å². The minimum absolute atomic E-state index is 0.305. The van der Waals surface area contributed by atoms with Crippen LogP contribution in [0.2, 0.25) is 0 Å². The molecule has 0 saturated heterocycles. The zero-order chi connectivity index (χ0) is 16.4. The van der Waals surface area contributed by atoms with Gasteiger partial charge in [-0.3, -0.25) is 0 Å². The molecule has 0 amide bonds. The van der Waals surface area contributed by atoms with Crippen molar-refractivity contribution in [1.82, 2.24) is 9.97 Å². The molecule has 24 heavy (non-hydrogen) atoms. The van der Waals surface area contributed by atoms with Crippen LogP contribution in [0.1, 0.15) is 12.0 Å². The van der Waals surface area contributed by atoms with Crippen LogP contribution in [0.5, 0.6) is 0 Å². The Balaban J connectivity index is 1.65. The van der Waals surface area contributed by atoms with E-state index in [9.17, 15) is 4.39 Å². The van der Waals surface area contributed by atoms with Crippen molar-refractivity contribution < 1.29 is 4.39 Å². The summed E-state index contributed by atoms with van der Waals surface area (Å²) in [5.74, 6) is 1.09. The van der Waals surface area contributed by atoms with Crippen molar-refractivity contribution >= 4 is 23.0 Å². The largest absolute Gasteiger partial charge is 0.338 e. The number of fused-ring (bicyclic) bond motifs is 1. The fourth-order valence-corrected chi connectivity index (χ4v) is 3.04. The Morgan fingerprint density at radius 2 is 1.83 bits per heavy atom. The van der Waals surface area contributed by atoms with Gasteiger partial charge in [-0.2, -0.15) is 0 Å². The van der Waals surface area contributed by atoms with Gasteiger partial charge in [0.05, 0.1) is 5.69 Å². The van der Waals surface area contributed by atoms with Gasteiger partial charge in [0.2, 0.25) is 0 Å². The highest BCUT2D eigenvalue weighted by Crippen LogP contribution is 2.33. The molecule has 0 spiro atoms. The number of rotatable bonds is 3. The number of hydrogen-bond donors (Lipinski definition) is 1. The minimum atomic E-state index is -0.305. The number of aryl methyl sites for hydroxylation is 1. The summed E-state index contributed by atoms with van der Waals surface area (Å²) >= 11 is 0. The lowest BCUT2D eigenvalue weighted by molar-refractivity contribution is 0.632. The van der Waals surface area contributed by atoms with Gasteiger partial charge in [0.1, 0.15) is 23.8 Å². The van der Waals surface area contributed by atoms with Crippen LogP contribution < -0.4 is 10.2 Å². The van der Waals surface area contributed by atoms with E-state index in [2.05, 4.69) is 38.4 Å². The molecule has 0 aliphatic carbocycles. The maximum absolute atomic E-state index is 13.8. The third kappa shape index (κ3) is 2.80. The molecule has 1 aromatic heterocycles. The Hall–Kier alpha value is -2.95. The normalized spacial score (nSPS) is 13.5. The van der Waals surface area contributed by atoms with Gasteiger partial charge in [0.15, 0.2) is 0 Å².